The number of carbonyl (C=O) groups excluding carboxylic acids is 1. The van der Waals surface area contributed by atoms with Crippen LogP contribution < -0.4 is 0 Å². The summed E-state index contributed by atoms with van der Waals surface area (Å²) in [5, 5.41) is 10.3. The normalized spacial score (nSPS) is 60.9. The predicted molar refractivity (Wildman–Crippen MR) is 118 cm³/mol. The molecule has 0 aromatic carbocycles. The molecule has 0 amide bonds. The van der Waals surface area contributed by atoms with Gasteiger partial charge in [0.2, 0.25) is 0 Å². The summed E-state index contributed by atoms with van der Waals surface area (Å²) in [6.07, 6.45) is 9.39. The van der Waals surface area contributed by atoms with Crippen molar-refractivity contribution in [2.75, 3.05) is 6.61 Å². The lowest BCUT2D eigenvalue weighted by Gasteiger charge is -2.60. The van der Waals surface area contributed by atoms with Crippen molar-refractivity contribution in [1.82, 2.24) is 0 Å². The third kappa shape index (κ3) is 2.68. The zero-order chi connectivity index (χ0) is 21.8. The van der Waals surface area contributed by atoms with Crippen LogP contribution in [0.25, 0.3) is 0 Å². The van der Waals surface area contributed by atoms with Crippen LogP contribution in [0, 0.1) is 52.3 Å². The molecule has 0 radical (unpaired) electrons. The van der Waals surface area contributed by atoms with Gasteiger partial charge in [-0.3, -0.25) is 4.79 Å². The van der Waals surface area contributed by atoms with E-state index in [1.807, 2.05) is 0 Å². The summed E-state index contributed by atoms with van der Waals surface area (Å²) < 4.78 is 13.2. The third-order valence-electron chi connectivity index (χ3n) is 11.8. The van der Waals surface area contributed by atoms with Crippen molar-refractivity contribution in [2.45, 2.75) is 103 Å². The lowest BCUT2D eigenvalue weighted by atomic mass is 9.44. The maximum atomic E-state index is 14.0. The molecule has 174 valence electrons. The van der Waals surface area contributed by atoms with Gasteiger partial charge in [0, 0.05) is 30.1 Å². The Kier molecular flexibility index (Phi) is 4.62. The predicted octanol–water partition coefficient (Wildman–Crippen LogP) is 4.97. The van der Waals surface area contributed by atoms with Gasteiger partial charge in [-0.2, -0.15) is 0 Å². The molecule has 0 aromatic heterocycles. The smallest absolute Gasteiger partial charge is 0.171 e. The van der Waals surface area contributed by atoms with Gasteiger partial charge in [0.05, 0.1) is 18.8 Å². The number of hydrogen-bond donors (Lipinski definition) is 1. The number of ketones is 1. The van der Waals surface area contributed by atoms with Gasteiger partial charge in [0.25, 0.3) is 0 Å². The van der Waals surface area contributed by atoms with Crippen LogP contribution in [0.15, 0.2) is 0 Å². The Morgan fingerprint density at radius 1 is 1.00 bits per heavy atom. The molecule has 4 saturated carbocycles. The van der Waals surface area contributed by atoms with Gasteiger partial charge in [0.15, 0.2) is 5.79 Å². The highest BCUT2D eigenvalue weighted by Gasteiger charge is 2.71. The Labute approximate surface area is 187 Å². The Morgan fingerprint density at radius 3 is 2.55 bits per heavy atom. The SMILES string of the molecule is CC1C2C(CC3C4CC[C@H]5C[C@@H](O)CC[C@]5(C)C4CC(=O)[C@@]32C)OC12CC[C@@H](C)CO2. The lowest BCUT2D eigenvalue weighted by molar-refractivity contribution is -0.272. The fraction of sp³-hybridized carbons (Fsp3) is 0.963. The maximum absolute atomic E-state index is 14.0. The molecular formula is C27H42O4. The highest BCUT2D eigenvalue weighted by Crippen LogP contribution is 2.70. The van der Waals surface area contributed by atoms with Crippen LogP contribution in [0.2, 0.25) is 0 Å². The molecule has 6 rings (SSSR count). The van der Waals surface area contributed by atoms with Gasteiger partial charge >= 0.3 is 0 Å². The second kappa shape index (κ2) is 6.79. The maximum Gasteiger partial charge on any atom is 0.171 e. The van der Waals surface area contributed by atoms with E-state index in [0.29, 0.717) is 41.3 Å². The number of rotatable bonds is 0. The van der Waals surface area contributed by atoms with Crippen molar-refractivity contribution in [1.29, 1.82) is 0 Å². The second-order valence-corrected chi connectivity index (χ2v) is 13.0. The Bertz CT molecular complexity index is 756. The molecule has 31 heavy (non-hydrogen) atoms. The van der Waals surface area contributed by atoms with E-state index < -0.39 is 5.79 Å². The standard InChI is InChI=1S/C27H42O4/c1-15-7-10-27(30-14-15)16(2)24-22(31-27)12-21-19-6-5-17-11-18(28)8-9-25(17,3)20(19)13-23(29)26(21,24)4/h15-22,24,28H,5-14H2,1-4H3/t15-,16?,17+,18+,19?,20?,21?,22?,24?,25+,26-,27?/m1/s1. The molecule has 6 fully saturated rings. The molecule has 4 nitrogen and oxygen atoms in total. The number of carbonyl (C=O) groups is 1. The highest BCUT2D eigenvalue weighted by molar-refractivity contribution is 5.87. The number of aliphatic hydroxyl groups is 1. The average molecular weight is 431 g/mol. The monoisotopic (exact) mass is 430 g/mol. The van der Waals surface area contributed by atoms with E-state index in [9.17, 15) is 9.90 Å². The van der Waals surface area contributed by atoms with Crippen LogP contribution in [0.1, 0.15) is 85.5 Å². The largest absolute Gasteiger partial charge is 0.393 e. The van der Waals surface area contributed by atoms with Gasteiger partial charge in [-0.15, -0.1) is 0 Å². The fourth-order valence-corrected chi connectivity index (χ4v) is 9.93. The summed E-state index contributed by atoms with van der Waals surface area (Å²) in [4.78, 5) is 14.0. The van der Waals surface area contributed by atoms with Crippen LogP contribution in [-0.4, -0.2) is 35.5 Å². The zero-order valence-electron chi connectivity index (χ0n) is 19.9. The van der Waals surface area contributed by atoms with E-state index in [0.717, 1.165) is 51.6 Å². The van der Waals surface area contributed by atoms with Gasteiger partial charge in [-0.05, 0) is 80.0 Å². The van der Waals surface area contributed by atoms with E-state index >= 15 is 0 Å². The molecule has 6 aliphatic rings. The van der Waals surface area contributed by atoms with Crippen molar-refractivity contribution >= 4 is 5.78 Å². The Morgan fingerprint density at radius 2 is 1.81 bits per heavy atom. The van der Waals surface area contributed by atoms with Crippen LogP contribution >= 0.6 is 0 Å². The lowest BCUT2D eigenvalue weighted by Crippen LogP contribution is -2.58. The fourth-order valence-electron chi connectivity index (χ4n) is 9.93. The first-order chi connectivity index (χ1) is 14.7. The zero-order valence-corrected chi connectivity index (χ0v) is 19.9. The van der Waals surface area contributed by atoms with Gasteiger partial charge in [-0.1, -0.05) is 27.7 Å². The third-order valence-corrected chi connectivity index (χ3v) is 11.8. The van der Waals surface area contributed by atoms with Gasteiger partial charge in [-0.25, -0.2) is 0 Å². The molecule has 1 N–H and O–H groups in total. The minimum Gasteiger partial charge on any atom is -0.393 e. The number of hydrogen-bond acceptors (Lipinski definition) is 4. The van der Waals surface area contributed by atoms with E-state index in [4.69, 9.17) is 9.47 Å². The molecule has 7 unspecified atom stereocenters. The van der Waals surface area contributed by atoms with Crippen LogP contribution in [0.3, 0.4) is 0 Å². The van der Waals surface area contributed by atoms with Crippen molar-refractivity contribution in [2.24, 2.45) is 52.3 Å². The second-order valence-electron chi connectivity index (χ2n) is 13.0. The van der Waals surface area contributed by atoms with Crippen molar-refractivity contribution < 1.29 is 19.4 Å². The first-order valence-corrected chi connectivity index (χ1v) is 13.2. The van der Waals surface area contributed by atoms with Gasteiger partial charge in [0.1, 0.15) is 5.78 Å². The Balaban J connectivity index is 1.30. The molecule has 0 bridgehead atoms. The minimum atomic E-state index is -0.448. The van der Waals surface area contributed by atoms with E-state index in [-0.39, 0.29) is 29.0 Å². The molecule has 0 aromatic rings. The van der Waals surface area contributed by atoms with Crippen LogP contribution in [0.4, 0.5) is 0 Å². The van der Waals surface area contributed by atoms with E-state index in [1.165, 1.54) is 12.8 Å². The van der Waals surface area contributed by atoms with Gasteiger partial charge < -0.3 is 14.6 Å². The summed E-state index contributed by atoms with van der Waals surface area (Å²) in [5.74, 6) is 3.45. The molecule has 4 heteroatoms. The summed E-state index contributed by atoms with van der Waals surface area (Å²) in [6, 6.07) is 0. The number of ether oxygens (including phenoxy) is 2. The number of Topliss-reactive ketones (excluding diaryl/α,β-unsaturated/α-hetero) is 1. The summed E-state index contributed by atoms with van der Waals surface area (Å²) in [6.45, 7) is 10.1. The first kappa shape index (κ1) is 21.1. The molecule has 4 aliphatic carbocycles. The quantitative estimate of drug-likeness (QED) is 0.589. The summed E-state index contributed by atoms with van der Waals surface area (Å²) in [5.41, 5.74) is -0.0221. The van der Waals surface area contributed by atoms with Crippen LogP contribution in [-0.2, 0) is 14.3 Å². The summed E-state index contributed by atoms with van der Waals surface area (Å²) in [7, 11) is 0. The van der Waals surface area contributed by atoms with Crippen molar-refractivity contribution in [3.63, 3.8) is 0 Å². The molecule has 12 atom stereocenters. The van der Waals surface area contributed by atoms with Crippen LogP contribution in [0.5, 0.6) is 0 Å². The Hall–Kier alpha value is -0.450. The molecular weight excluding hydrogens is 388 g/mol. The van der Waals surface area contributed by atoms with Crippen molar-refractivity contribution in [3.05, 3.63) is 0 Å². The molecule has 2 heterocycles. The number of fused-ring (bicyclic) bond motifs is 7. The highest BCUT2D eigenvalue weighted by atomic mass is 16.7. The number of aliphatic hydroxyl groups excluding tert-OH is 1. The molecule has 2 aliphatic heterocycles. The molecule has 2 saturated heterocycles. The average Bonchev–Trinajstić information content (AvgIpc) is 3.18. The first-order valence-electron chi connectivity index (χ1n) is 13.2. The van der Waals surface area contributed by atoms with E-state index in [2.05, 4.69) is 27.7 Å². The topological polar surface area (TPSA) is 55.8 Å². The van der Waals surface area contributed by atoms with E-state index in [1.54, 1.807) is 0 Å². The molecule has 1 spiro atoms. The minimum absolute atomic E-state index is 0.131. The van der Waals surface area contributed by atoms with Crippen molar-refractivity contribution in [3.8, 4) is 0 Å². The summed E-state index contributed by atoms with van der Waals surface area (Å²) >= 11 is 0.